The quantitative estimate of drug-likeness (QED) is 0.908. The number of aryl methyl sites for hydroxylation is 2. The molecule has 0 bridgehead atoms. The van der Waals surface area contributed by atoms with Gasteiger partial charge in [-0.25, -0.2) is 4.79 Å². The Morgan fingerprint density at radius 1 is 1.30 bits per heavy atom. The molecule has 6 heteroatoms. The third kappa shape index (κ3) is 1.72. The van der Waals surface area contributed by atoms with Gasteiger partial charge < -0.3 is 14.6 Å². The number of carbonyl (C=O) groups is 1. The minimum absolute atomic E-state index is 0.00777. The van der Waals surface area contributed by atoms with Gasteiger partial charge in [0.1, 0.15) is 0 Å². The van der Waals surface area contributed by atoms with Gasteiger partial charge in [-0.1, -0.05) is 0 Å². The largest absolute Gasteiger partial charge is 0.476 e. The van der Waals surface area contributed by atoms with E-state index in [4.69, 9.17) is 14.6 Å². The lowest BCUT2D eigenvalue weighted by Gasteiger charge is -2.10. The molecule has 3 rings (SSSR count). The molecule has 1 aliphatic heterocycles. The summed E-state index contributed by atoms with van der Waals surface area (Å²) in [4.78, 5) is 11.0. The Kier molecular flexibility index (Phi) is 2.67. The monoisotopic (exact) mass is 274 g/mol. The molecular weight excluding hydrogens is 260 g/mol. The highest BCUT2D eigenvalue weighted by molar-refractivity contribution is 5.88. The minimum atomic E-state index is -1.05. The Balaban J connectivity index is 2.23. The van der Waals surface area contributed by atoms with Crippen LogP contribution in [0, 0.1) is 13.8 Å². The van der Waals surface area contributed by atoms with E-state index in [0.717, 1.165) is 22.4 Å². The van der Waals surface area contributed by atoms with Gasteiger partial charge in [-0.3, -0.25) is 4.68 Å². The first-order valence-corrected chi connectivity index (χ1v) is 6.16. The third-order valence-electron chi connectivity index (χ3n) is 3.53. The molecule has 6 nitrogen and oxygen atoms in total. The Bertz CT molecular complexity index is 718. The number of carboxylic acid groups (broad SMARTS) is 1. The number of fused-ring (bicyclic) bond motifs is 1. The molecule has 1 aliphatic rings. The fourth-order valence-electron chi connectivity index (χ4n) is 2.34. The minimum Gasteiger partial charge on any atom is -0.476 e. The second kappa shape index (κ2) is 4.26. The third-order valence-corrected chi connectivity index (χ3v) is 3.53. The summed E-state index contributed by atoms with van der Waals surface area (Å²) in [6.45, 7) is 4.13. The molecule has 0 radical (unpaired) electrons. The molecule has 1 N–H and O–H groups in total. The molecule has 1 aromatic heterocycles. The molecule has 20 heavy (non-hydrogen) atoms. The van der Waals surface area contributed by atoms with Crippen molar-refractivity contribution in [2.75, 3.05) is 6.79 Å². The first-order chi connectivity index (χ1) is 9.49. The second-order valence-corrected chi connectivity index (χ2v) is 4.77. The first kappa shape index (κ1) is 12.5. The molecule has 2 aromatic rings. The fraction of sp³-hybridized carbons (Fsp3) is 0.286. The normalized spacial score (nSPS) is 12.8. The average Bonchev–Trinajstić information content (AvgIpc) is 3.00. The summed E-state index contributed by atoms with van der Waals surface area (Å²) >= 11 is 0. The van der Waals surface area contributed by atoms with Crippen LogP contribution in [0.3, 0.4) is 0 Å². The van der Waals surface area contributed by atoms with Crippen LogP contribution >= 0.6 is 0 Å². The van der Waals surface area contributed by atoms with Gasteiger partial charge in [0.15, 0.2) is 17.2 Å². The smallest absolute Gasteiger partial charge is 0.356 e. The fourth-order valence-corrected chi connectivity index (χ4v) is 2.34. The van der Waals surface area contributed by atoms with Crippen LogP contribution < -0.4 is 9.47 Å². The number of rotatable bonds is 2. The van der Waals surface area contributed by atoms with Crippen LogP contribution in [0.1, 0.15) is 21.6 Å². The topological polar surface area (TPSA) is 73.6 Å². The van der Waals surface area contributed by atoms with Gasteiger partial charge in [0.2, 0.25) is 6.79 Å². The predicted octanol–water partition coefficient (Wildman–Crippen LogP) is 2.13. The summed E-state index contributed by atoms with van der Waals surface area (Å²) in [5.41, 5.74) is 3.58. The molecule has 2 heterocycles. The zero-order valence-electron chi connectivity index (χ0n) is 11.4. The van der Waals surface area contributed by atoms with Crippen LogP contribution in [0.2, 0.25) is 0 Å². The lowest BCUT2D eigenvalue weighted by molar-refractivity contribution is 0.0689. The molecule has 0 atom stereocenters. The van der Waals surface area contributed by atoms with Gasteiger partial charge in [0.05, 0.1) is 5.69 Å². The number of aromatic nitrogens is 2. The molecule has 0 saturated heterocycles. The summed E-state index contributed by atoms with van der Waals surface area (Å²) in [7, 11) is 1.71. The summed E-state index contributed by atoms with van der Waals surface area (Å²) < 4.78 is 12.6. The lowest BCUT2D eigenvalue weighted by Crippen LogP contribution is -1.99. The molecule has 0 amide bonds. The summed E-state index contributed by atoms with van der Waals surface area (Å²) in [5.74, 6) is 0.315. The molecule has 0 fully saturated rings. The highest BCUT2D eigenvalue weighted by Crippen LogP contribution is 2.45. The number of aromatic carboxylic acids is 1. The molecule has 104 valence electrons. The molecular formula is C14H14N2O4. The van der Waals surface area contributed by atoms with Gasteiger partial charge in [0.25, 0.3) is 0 Å². The van der Waals surface area contributed by atoms with Crippen molar-refractivity contribution in [3.05, 3.63) is 29.0 Å². The van der Waals surface area contributed by atoms with Gasteiger partial charge in [-0.15, -0.1) is 0 Å². The summed E-state index contributed by atoms with van der Waals surface area (Å²) in [6.07, 6.45) is 0. The van der Waals surface area contributed by atoms with Crippen molar-refractivity contribution in [3.8, 4) is 22.8 Å². The average molecular weight is 274 g/mol. The van der Waals surface area contributed by atoms with Crippen molar-refractivity contribution >= 4 is 5.97 Å². The number of hydrogen-bond acceptors (Lipinski definition) is 4. The van der Waals surface area contributed by atoms with Crippen LogP contribution in [-0.2, 0) is 7.05 Å². The van der Waals surface area contributed by atoms with Crippen molar-refractivity contribution in [3.63, 3.8) is 0 Å². The van der Waals surface area contributed by atoms with Crippen molar-refractivity contribution in [2.45, 2.75) is 13.8 Å². The zero-order chi connectivity index (χ0) is 14.4. The van der Waals surface area contributed by atoms with E-state index < -0.39 is 5.97 Å². The highest BCUT2D eigenvalue weighted by atomic mass is 16.7. The van der Waals surface area contributed by atoms with Gasteiger partial charge in [0, 0.05) is 12.6 Å². The highest BCUT2D eigenvalue weighted by Gasteiger charge is 2.25. The predicted molar refractivity (Wildman–Crippen MR) is 71.2 cm³/mol. The van der Waals surface area contributed by atoms with E-state index in [-0.39, 0.29) is 12.5 Å². The Morgan fingerprint density at radius 3 is 2.65 bits per heavy atom. The summed E-state index contributed by atoms with van der Waals surface area (Å²) in [5, 5.41) is 13.0. The van der Waals surface area contributed by atoms with Crippen LogP contribution in [0.4, 0.5) is 0 Å². The van der Waals surface area contributed by atoms with Gasteiger partial charge in [-0.05, 0) is 37.1 Å². The van der Waals surface area contributed by atoms with Crippen LogP contribution in [0.5, 0.6) is 11.5 Å². The number of nitrogens with zero attached hydrogens (tertiary/aromatic N) is 2. The van der Waals surface area contributed by atoms with E-state index in [1.807, 2.05) is 19.9 Å². The Morgan fingerprint density at radius 2 is 2.00 bits per heavy atom. The van der Waals surface area contributed by atoms with Gasteiger partial charge >= 0.3 is 5.97 Å². The van der Waals surface area contributed by atoms with Crippen molar-refractivity contribution in [1.29, 1.82) is 0 Å². The van der Waals surface area contributed by atoms with E-state index in [1.54, 1.807) is 7.05 Å². The first-order valence-electron chi connectivity index (χ1n) is 6.16. The van der Waals surface area contributed by atoms with E-state index in [9.17, 15) is 4.79 Å². The molecule has 0 aliphatic carbocycles. The Labute approximate surface area is 115 Å². The number of benzene rings is 1. The molecule has 1 aromatic carbocycles. The second-order valence-electron chi connectivity index (χ2n) is 4.77. The molecule has 0 spiro atoms. The van der Waals surface area contributed by atoms with Crippen LogP contribution in [0.25, 0.3) is 11.3 Å². The maximum atomic E-state index is 11.0. The number of ether oxygens (including phenoxy) is 2. The number of hydrogen-bond donors (Lipinski definition) is 1. The van der Waals surface area contributed by atoms with Crippen molar-refractivity contribution in [1.82, 2.24) is 9.78 Å². The van der Waals surface area contributed by atoms with Crippen LogP contribution in [0.15, 0.2) is 12.1 Å². The SMILES string of the molecule is Cc1cc(-c2cc(C(=O)O)nn2C)c2c(c1C)OCO2. The summed E-state index contributed by atoms with van der Waals surface area (Å²) in [6, 6.07) is 3.50. The van der Waals surface area contributed by atoms with E-state index in [0.29, 0.717) is 11.4 Å². The number of carboxylic acids is 1. The zero-order valence-corrected chi connectivity index (χ0v) is 11.4. The van der Waals surface area contributed by atoms with E-state index in [2.05, 4.69) is 5.10 Å². The van der Waals surface area contributed by atoms with Gasteiger partial charge in [-0.2, -0.15) is 5.10 Å². The maximum Gasteiger partial charge on any atom is 0.356 e. The van der Waals surface area contributed by atoms with E-state index >= 15 is 0 Å². The van der Waals surface area contributed by atoms with Crippen LogP contribution in [-0.4, -0.2) is 27.6 Å². The molecule has 0 saturated carbocycles. The molecule has 0 unspecified atom stereocenters. The Hall–Kier alpha value is -2.50. The van der Waals surface area contributed by atoms with E-state index in [1.165, 1.54) is 10.7 Å². The lowest BCUT2D eigenvalue weighted by atomic mass is 10.0. The standard InChI is InChI=1S/C14H14N2O4/c1-7-4-9(13-12(8(7)2)19-6-20-13)11-5-10(14(17)18)15-16(11)3/h4-5H,6H2,1-3H3,(H,17,18). The van der Waals surface area contributed by atoms with Crippen molar-refractivity contribution < 1.29 is 19.4 Å². The van der Waals surface area contributed by atoms with Crippen molar-refractivity contribution in [2.24, 2.45) is 7.05 Å². The maximum absolute atomic E-state index is 11.0.